The summed E-state index contributed by atoms with van der Waals surface area (Å²) in [7, 11) is 0. The maximum Gasteiger partial charge on any atom is 0.272 e. The molecule has 5 nitrogen and oxygen atoms in total. The molecular weight excluding hydrogens is 326 g/mol. The van der Waals surface area contributed by atoms with Gasteiger partial charge in [0.1, 0.15) is 5.69 Å². The number of hydrogen-bond donors (Lipinski definition) is 1. The first-order valence-corrected chi connectivity index (χ1v) is 8.31. The van der Waals surface area contributed by atoms with Crippen LogP contribution in [0.15, 0.2) is 24.3 Å². The number of carbonyl (C=O) groups is 1. The van der Waals surface area contributed by atoms with Crippen LogP contribution >= 0.6 is 0 Å². The summed E-state index contributed by atoms with van der Waals surface area (Å²) >= 11 is 0. The van der Waals surface area contributed by atoms with Gasteiger partial charge in [-0.2, -0.15) is 0 Å². The average molecular weight is 348 g/mol. The SMILES string of the molecule is CCCN(CCC)C(=O)c1cc(C)nc(Nc2ccc(F)c(F)c2)n1. The Labute approximate surface area is 146 Å². The molecule has 0 spiro atoms. The molecule has 0 unspecified atom stereocenters. The van der Waals surface area contributed by atoms with Crippen molar-refractivity contribution in [3.63, 3.8) is 0 Å². The lowest BCUT2D eigenvalue weighted by molar-refractivity contribution is 0.0749. The van der Waals surface area contributed by atoms with Gasteiger partial charge in [0.15, 0.2) is 11.6 Å². The van der Waals surface area contributed by atoms with E-state index in [4.69, 9.17) is 0 Å². The maximum atomic E-state index is 13.3. The number of nitrogens with one attached hydrogen (secondary N) is 1. The Hall–Kier alpha value is -2.57. The van der Waals surface area contributed by atoms with Crippen molar-refractivity contribution >= 4 is 17.5 Å². The first kappa shape index (κ1) is 18.8. The molecule has 134 valence electrons. The number of halogens is 2. The zero-order chi connectivity index (χ0) is 18.4. The molecule has 1 heterocycles. The fourth-order valence-electron chi connectivity index (χ4n) is 2.45. The van der Waals surface area contributed by atoms with Crippen LogP contribution in [0, 0.1) is 18.6 Å². The first-order valence-electron chi connectivity index (χ1n) is 8.31. The van der Waals surface area contributed by atoms with Crippen molar-refractivity contribution in [1.82, 2.24) is 14.9 Å². The summed E-state index contributed by atoms with van der Waals surface area (Å²) in [4.78, 5) is 22.9. The smallest absolute Gasteiger partial charge is 0.272 e. The Morgan fingerprint density at radius 3 is 2.36 bits per heavy atom. The molecule has 0 aliphatic carbocycles. The Kier molecular flexibility index (Phi) is 6.38. The van der Waals surface area contributed by atoms with Crippen LogP contribution in [0.2, 0.25) is 0 Å². The third kappa shape index (κ3) is 4.95. The van der Waals surface area contributed by atoms with Crippen LogP contribution in [-0.4, -0.2) is 33.9 Å². The van der Waals surface area contributed by atoms with Gasteiger partial charge in [0.2, 0.25) is 5.95 Å². The topological polar surface area (TPSA) is 58.1 Å². The van der Waals surface area contributed by atoms with Crippen molar-refractivity contribution in [1.29, 1.82) is 0 Å². The van der Waals surface area contributed by atoms with Crippen LogP contribution in [-0.2, 0) is 0 Å². The van der Waals surface area contributed by atoms with Gasteiger partial charge in [-0.1, -0.05) is 13.8 Å². The van der Waals surface area contributed by atoms with Gasteiger partial charge in [-0.3, -0.25) is 4.79 Å². The van der Waals surface area contributed by atoms with Crippen LogP contribution in [0.1, 0.15) is 42.9 Å². The molecule has 0 aliphatic heterocycles. The molecule has 2 rings (SSSR count). The summed E-state index contributed by atoms with van der Waals surface area (Å²) in [6.07, 6.45) is 1.71. The minimum Gasteiger partial charge on any atom is -0.337 e. The van der Waals surface area contributed by atoms with Crippen molar-refractivity contribution in [3.8, 4) is 0 Å². The van der Waals surface area contributed by atoms with E-state index in [0.717, 1.165) is 25.0 Å². The highest BCUT2D eigenvalue weighted by Crippen LogP contribution is 2.17. The minimum absolute atomic E-state index is 0.164. The van der Waals surface area contributed by atoms with Gasteiger partial charge in [0, 0.05) is 30.5 Å². The Morgan fingerprint density at radius 1 is 1.08 bits per heavy atom. The maximum absolute atomic E-state index is 13.3. The zero-order valence-electron chi connectivity index (χ0n) is 14.6. The number of nitrogens with zero attached hydrogens (tertiary/aromatic N) is 3. The monoisotopic (exact) mass is 348 g/mol. The van der Waals surface area contributed by atoms with Gasteiger partial charge in [0.25, 0.3) is 5.91 Å². The van der Waals surface area contributed by atoms with E-state index in [1.165, 1.54) is 6.07 Å². The number of anilines is 2. The highest BCUT2D eigenvalue weighted by molar-refractivity contribution is 5.92. The van der Waals surface area contributed by atoms with Gasteiger partial charge in [-0.25, -0.2) is 18.7 Å². The van der Waals surface area contributed by atoms with Crippen LogP contribution in [0.3, 0.4) is 0 Å². The predicted octanol–water partition coefficient (Wildman–Crippen LogP) is 4.07. The Morgan fingerprint density at radius 2 is 1.76 bits per heavy atom. The second-order valence-electron chi connectivity index (χ2n) is 5.76. The molecular formula is C18H22F2N4O. The molecule has 1 N–H and O–H groups in total. The largest absolute Gasteiger partial charge is 0.337 e. The van der Waals surface area contributed by atoms with E-state index < -0.39 is 11.6 Å². The number of rotatable bonds is 7. The standard InChI is InChI=1S/C18H22F2N4O/c1-4-8-24(9-5-2)17(25)16-10-12(3)21-18(23-16)22-13-6-7-14(19)15(20)11-13/h6-7,10-11H,4-5,8-9H2,1-3H3,(H,21,22,23). The van der Waals surface area contributed by atoms with E-state index in [1.807, 2.05) is 13.8 Å². The molecule has 1 aromatic heterocycles. The molecule has 7 heteroatoms. The summed E-state index contributed by atoms with van der Waals surface area (Å²) in [5.41, 5.74) is 1.19. The van der Waals surface area contributed by atoms with E-state index in [0.29, 0.717) is 24.5 Å². The third-order valence-corrected chi connectivity index (χ3v) is 3.52. The van der Waals surface area contributed by atoms with Gasteiger partial charge < -0.3 is 10.2 Å². The highest BCUT2D eigenvalue weighted by Gasteiger charge is 2.17. The Bertz CT molecular complexity index is 746. The Balaban J connectivity index is 2.26. The lowest BCUT2D eigenvalue weighted by Crippen LogP contribution is -2.33. The molecule has 0 aliphatic rings. The highest BCUT2D eigenvalue weighted by atomic mass is 19.2. The van der Waals surface area contributed by atoms with Crippen LogP contribution in [0.4, 0.5) is 20.4 Å². The minimum atomic E-state index is -0.967. The van der Waals surface area contributed by atoms with Crippen molar-refractivity contribution in [3.05, 3.63) is 47.3 Å². The van der Waals surface area contributed by atoms with Gasteiger partial charge in [-0.15, -0.1) is 0 Å². The van der Waals surface area contributed by atoms with E-state index in [2.05, 4.69) is 15.3 Å². The van der Waals surface area contributed by atoms with E-state index in [9.17, 15) is 13.6 Å². The molecule has 0 saturated carbocycles. The molecule has 2 aromatic rings. The number of carbonyl (C=O) groups excluding carboxylic acids is 1. The second kappa shape index (κ2) is 8.50. The fourth-order valence-corrected chi connectivity index (χ4v) is 2.45. The van der Waals surface area contributed by atoms with E-state index in [-0.39, 0.29) is 17.5 Å². The average Bonchev–Trinajstić information content (AvgIpc) is 2.57. The summed E-state index contributed by atoms with van der Waals surface area (Å²) in [6.45, 7) is 7.08. The van der Waals surface area contributed by atoms with E-state index >= 15 is 0 Å². The first-order chi connectivity index (χ1) is 11.9. The normalized spacial score (nSPS) is 10.6. The molecule has 25 heavy (non-hydrogen) atoms. The molecule has 0 fully saturated rings. The lowest BCUT2D eigenvalue weighted by atomic mass is 10.2. The second-order valence-corrected chi connectivity index (χ2v) is 5.76. The molecule has 1 aromatic carbocycles. The molecule has 0 radical (unpaired) electrons. The van der Waals surface area contributed by atoms with Crippen molar-refractivity contribution in [2.24, 2.45) is 0 Å². The number of aryl methyl sites for hydroxylation is 1. The summed E-state index contributed by atoms with van der Waals surface area (Å²) in [5, 5.41) is 2.81. The number of hydrogen-bond acceptors (Lipinski definition) is 4. The predicted molar refractivity (Wildman–Crippen MR) is 92.9 cm³/mol. The van der Waals surface area contributed by atoms with Crippen LogP contribution in [0.5, 0.6) is 0 Å². The quantitative estimate of drug-likeness (QED) is 0.819. The zero-order valence-corrected chi connectivity index (χ0v) is 14.6. The van der Waals surface area contributed by atoms with Crippen LogP contribution in [0.25, 0.3) is 0 Å². The molecule has 0 saturated heterocycles. The summed E-state index contributed by atoms with van der Waals surface area (Å²) < 4.78 is 26.3. The molecule has 0 bridgehead atoms. The third-order valence-electron chi connectivity index (χ3n) is 3.52. The fraction of sp³-hybridized carbons (Fsp3) is 0.389. The van der Waals surface area contributed by atoms with E-state index in [1.54, 1.807) is 17.9 Å². The molecule has 1 amide bonds. The summed E-state index contributed by atoms with van der Waals surface area (Å²) in [5.74, 6) is -1.89. The summed E-state index contributed by atoms with van der Waals surface area (Å²) in [6, 6.07) is 5.04. The van der Waals surface area contributed by atoms with Crippen molar-refractivity contribution < 1.29 is 13.6 Å². The number of aromatic nitrogens is 2. The van der Waals surface area contributed by atoms with Crippen LogP contribution < -0.4 is 5.32 Å². The number of benzene rings is 1. The lowest BCUT2D eigenvalue weighted by Gasteiger charge is -2.21. The van der Waals surface area contributed by atoms with Crippen molar-refractivity contribution in [2.45, 2.75) is 33.6 Å². The number of amides is 1. The van der Waals surface area contributed by atoms with Gasteiger partial charge in [0.05, 0.1) is 0 Å². The van der Waals surface area contributed by atoms with Gasteiger partial charge in [-0.05, 0) is 38.0 Å². The molecule has 0 atom stereocenters. The van der Waals surface area contributed by atoms with Gasteiger partial charge >= 0.3 is 0 Å². The van der Waals surface area contributed by atoms with Crippen molar-refractivity contribution in [2.75, 3.05) is 18.4 Å².